The Labute approximate surface area is 123 Å². The molecule has 3 N–H and O–H groups in total. The number of benzene rings is 1. The average Bonchev–Trinajstić information content (AvgIpc) is 2.35. The first-order valence-electron chi connectivity index (χ1n) is 5.45. The molecule has 7 heteroatoms. The lowest BCUT2D eigenvalue weighted by atomic mass is 10.2. The first-order chi connectivity index (χ1) is 8.88. The van der Waals surface area contributed by atoms with E-state index in [1.807, 2.05) is 0 Å². The van der Waals surface area contributed by atoms with E-state index in [4.69, 9.17) is 23.8 Å². The number of thioether (sulfide) groups is 1. The van der Waals surface area contributed by atoms with Crippen molar-refractivity contribution in [2.45, 2.75) is 11.8 Å². The highest BCUT2D eigenvalue weighted by molar-refractivity contribution is 7.99. The molecule has 0 fully saturated rings. The van der Waals surface area contributed by atoms with Gasteiger partial charge in [0, 0.05) is 12.3 Å². The zero-order valence-corrected chi connectivity index (χ0v) is 12.8. The summed E-state index contributed by atoms with van der Waals surface area (Å²) in [6, 6.07) is 2.85. The van der Waals surface area contributed by atoms with Crippen LogP contribution in [0.25, 0.3) is 0 Å². The molecule has 0 heterocycles. The second-order valence-electron chi connectivity index (χ2n) is 3.80. The Morgan fingerprint density at radius 1 is 1.53 bits per heavy atom. The molecular weight excluding hydrogens is 304 g/mol. The van der Waals surface area contributed by atoms with E-state index >= 15 is 0 Å². The average molecular weight is 319 g/mol. The molecular formula is C12H15ClN2O2S2. The van der Waals surface area contributed by atoms with Gasteiger partial charge in [0.25, 0.3) is 0 Å². The van der Waals surface area contributed by atoms with E-state index in [0.29, 0.717) is 28.6 Å². The summed E-state index contributed by atoms with van der Waals surface area (Å²) in [4.78, 5) is 0.119. The number of hydrogen-bond donors (Lipinski definition) is 2. The van der Waals surface area contributed by atoms with Gasteiger partial charge in [-0.05, 0) is 24.6 Å². The molecule has 0 spiro atoms. The van der Waals surface area contributed by atoms with Gasteiger partial charge in [-0.3, -0.25) is 0 Å². The summed E-state index contributed by atoms with van der Waals surface area (Å²) in [6.45, 7) is 2.02. The van der Waals surface area contributed by atoms with Crippen molar-refractivity contribution in [1.82, 2.24) is 4.72 Å². The minimum atomic E-state index is -3.56. The Balaban J connectivity index is 2.76. The number of sulfonamides is 1. The number of hydrogen-bond acceptors (Lipinski definition) is 4. The van der Waals surface area contributed by atoms with E-state index in [1.165, 1.54) is 23.9 Å². The Hall–Kier alpha value is -0.870. The highest BCUT2D eigenvalue weighted by atomic mass is 35.5. The molecule has 0 bridgehead atoms. The molecule has 1 rings (SSSR count). The van der Waals surface area contributed by atoms with Crippen LogP contribution in [0, 0.1) is 19.3 Å². The Kier molecular flexibility index (Phi) is 6.01. The highest BCUT2D eigenvalue weighted by Crippen LogP contribution is 2.26. The lowest BCUT2D eigenvalue weighted by molar-refractivity contribution is 0.584. The summed E-state index contributed by atoms with van der Waals surface area (Å²) in [7, 11) is -3.56. The molecule has 0 unspecified atom stereocenters. The maximum absolute atomic E-state index is 12.0. The Bertz CT molecular complexity index is 571. The van der Waals surface area contributed by atoms with Crippen LogP contribution < -0.4 is 10.5 Å². The van der Waals surface area contributed by atoms with Crippen LogP contribution in [0.5, 0.6) is 0 Å². The Morgan fingerprint density at radius 3 is 2.79 bits per heavy atom. The highest BCUT2D eigenvalue weighted by Gasteiger charge is 2.16. The third kappa shape index (κ3) is 4.62. The third-order valence-electron chi connectivity index (χ3n) is 2.29. The zero-order chi connectivity index (χ0) is 14.5. The minimum absolute atomic E-state index is 0.119. The van der Waals surface area contributed by atoms with Gasteiger partial charge >= 0.3 is 0 Å². The molecule has 0 saturated heterocycles. The molecule has 0 saturated carbocycles. The molecule has 0 amide bonds. The number of nitrogens with one attached hydrogen (secondary N) is 1. The molecule has 19 heavy (non-hydrogen) atoms. The van der Waals surface area contributed by atoms with E-state index in [0.717, 1.165) is 0 Å². The normalized spacial score (nSPS) is 11.2. The van der Waals surface area contributed by atoms with Crippen molar-refractivity contribution in [2.24, 2.45) is 0 Å². The fourth-order valence-electron chi connectivity index (χ4n) is 1.38. The van der Waals surface area contributed by atoms with Crippen LogP contribution in [-0.2, 0) is 10.0 Å². The van der Waals surface area contributed by atoms with Crippen molar-refractivity contribution in [3.8, 4) is 12.3 Å². The van der Waals surface area contributed by atoms with Gasteiger partial charge in [-0.1, -0.05) is 17.5 Å². The van der Waals surface area contributed by atoms with Crippen LogP contribution in [0.1, 0.15) is 5.56 Å². The first-order valence-corrected chi connectivity index (χ1v) is 8.46. The summed E-state index contributed by atoms with van der Waals surface area (Å²) in [6.07, 6.45) is 5.10. The largest absolute Gasteiger partial charge is 0.397 e. The lowest BCUT2D eigenvalue weighted by Gasteiger charge is -2.09. The van der Waals surface area contributed by atoms with Gasteiger partial charge in [0.05, 0.1) is 21.4 Å². The number of rotatable bonds is 6. The van der Waals surface area contributed by atoms with Crippen molar-refractivity contribution in [3.63, 3.8) is 0 Å². The number of aryl methyl sites for hydroxylation is 1. The summed E-state index contributed by atoms with van der Waals surface area (Å²) in [5.41, 5.74) is 6.54. The van der Waals surface area contributed by atoms with Crippen molar-refractivity contribution in [1.29, 1.82) is 0 Å². The molecule has 1 aromatic rings. The second kappa shape index (κ2) is 7.06. The second-order valence-corrected chi connectivity index (χ2v) is 7.05. The van der Waals surface area contributed by atoms with Gasteiger partial charge in [0.1, 0.15) is 0 Å². The van der Waals surface area contributed by atoms with Crippen molar-refractivity contribution >= 4 is 39.1 Å². The molecule has 0 atom stereocenters. The van der Waals surface area contributed by atoms with Gasteiger partial charge in [-0.25, -0.2) is 13.1 Å². The molecule has 0 aliphatic rings. The fourth-order valence-corrected chi connectivity index (χ4v) is 3.28. The van der Waals surface area contributed by atoms with Crippen LogP contribution in [0.3, 0.4) is 0 Å². The molecule has 0 radical (unpaired) electrons. The van der Waals surface area contributed by atoms with Crippen LogP contribution in [0.4, 0.5) is 5.69 Å². The molecule has 0 aliphatic heterocycles. The maximum Gasteiger partial charge on any atom is 0.240 e. The van der Waals surface area contributed by atoms with Crippen LogP contribution in [-0.4, -0.2) is 26.5 Å². The van der Waals surface area contributed by atoms with Crippen LogP contribution in [0.15, 0.2) is 17.0 Å². The lowest BCUT2D eigenvalue weighted by Crippen LogP contribution is -2.26. The zero-order valence-electron chi connectivity index (χ0n) is 10.4. The summed E-state index contributed by atoms with van der Waals surface area (Å²) in [5.74, 6) is 3.65. The number of terminal acetylenes is 1. The SMILES string of the molecule is C#CCSCCNS(=O)(=O)c1cc(C)c(Cl)c(N)c1. The minimum Gasteiger partial charge on any atom is -0.397 e. The van der Waals surface area contributed by atoms with Crippen molar-refractivity contribution in [3.05, 3.63) is 22.7 Å². The van der Waals surface area contributed by atoms with E-state index in [-0.39, 0.29) is 10.6 Å². The van der Waals surface area contributed by atoms with E-state index in [9.17, 15) is 8.42 Å². The predicted octanol–water partition coefficient (Wildman–Crippen LogP) is 1.88. The van der Waals surface area contributed by atoms with Crippen molar-refractivity contribution in [2.75, 3.05) is 23.8 Å². The predicted molar refractivity (Wildman–Crippen MR) is 81.9 cm³/mol. The Morgan fingerprint density at radius 2 is 2.21 bits per heavy atom. The van der Waals surface area contributed by atoms with E-state index in [2.05, 4.69) is 10.6 Å². The topological polar surface area (TPSA) is 72.2 Å². The summed E-state index contributed by atoms with van der Waals surface area (Å²) < 4.78 is 26.5. The van der Waals surface area contributed by atoms with E-state index < -0.39 is 10.0 Å². The first kappa shape index (κ1) is 16.2. The summed E-state index contributed by atoms with van der Waals surface area (Å²) >= 11 is 7.39. The summed E-state index contributed by atoms with van der Waals surface area (Å²) in [5, 5.41) is 0.378. The van der Waals surface area contributed by atoms with Gasteiger partial charge < -0.3 is 5.73 Å². The van der Waals surface area contributed by atoms with Gasteiger partial charge in [0.2, 0.25) is 10.0 Å². The van der Waals surface area contributed by atoms with Crippen LogP contribution in [0.2, 0.25) is 5.02 Å². The smallest absolute Gasteiger partial charge is 0.240 e. The van der Waals surface area contributed by atoms with Gasteiger partial charge in [-0.15, -0.1) is 18.2 Å². The number of nitrogen functional groups attached to an aromatic ring is 1. The monoisotopic (exact) mass is 318 g/mol. The molecule has 1 aromatic carbocycles. The van der Waals surface area contributed by atoms with Crippen molar-refractivity contribution < 1.29 is 8.42 Å². The van der Waals surface area contributed by atoms with Crippen LogP contribution >= 0.6 is 23.4 Å². The molecule has 0 aliphatic carbocycles. The number of nitrogens with two attached hydrogens (primary N) is 1. The van der Waals surface area contributed by atoms with Gasteiger partial charge in [0.15, 0.2) is 0 Å². The maximum atomic E-state index is 12.0. The molecule has 0 aromatic heterocycles. The number of halogens is 1. The molecule has 4 nitrogen and oxygen atoms in total. The quantitative estimate of drug-likeness (QED) is 0.477. The number of anilines is 1. The fraction of sp³-hybridized carbons (Fsp3) is 0.333. The van der Waals surface area contributed by atoms with E-state index in [1.54, 1.807) is 6.92 Å². The third-order valence-corrected chi connectivity index (χ3v) is 5.11. The molecule has 104 valence electrons. The van der Waals surface area contributed by atoms with Gasteiger partial charge in [-0.2, -0.15) is 0 Å². The standard InChI is InChI=1S/C12H15ClN2O2S2/c1-3-5-18-6-4-15-19(16,17)10-7-9(2)12(13)11(14)8-10/h1,7-8,15H,4-6,14H2,2H3.